The summed E-state index contributed by atoms with van der Waals surface area (Å²) >= 11 is 0. The maximum atomic E-state index is 14.2. The van der Waals surface area contributed by atoms with Gasteiger partial charge in [0.1, 0.15) is 6.33 Å². The van der Waals surface area contributed by atoms with Crippen LogP contribution in [0.4, 0.5) is 4.39 Å². The molecule has 0 bridgehead atoms. The van der Waals surface area contributed by atoms with E-state index in [1.165, 1.54) is 17.4 Å². The molecule has 118 valence electrons. The second kappa shape index (κ2) is 5.75. The second-order valence-electron chi connectivity index (χ2n) is 5.40. The molecule has 7 heteroatoms. The number of amides is 1. The number of halogens is 1. The Hall–Kier alpha value is -2.83. The number of carboxylic acids is 1. The molecule has 0 spiro atoms. The molecule has 1 unspecified atom stereocenters. The summed E-state index contributed by atoms with van der Waals surface area (Å²) in [6, 6.07) is 9.09. The van der Waals surface area contributed by atoms with E-state index in [4.69, 9.17) is 5.11 Å². The van der Waals surface area contributed by atoms with Crippen molar-refractivity contribution in [3.05, 3.63) is 48.4 Å². The zero-order chi connectivity index (χ0) is 16.4. The Labute approximate surface area is 131 Å². The summed E-state index contributed by atoms with van der Waals surface area (Å²) in [5, 5.41) is 8.94. The number of rotatable bonds is 3. The van der Waals surface area contributed by atoms with Crippen LogP contribution >= 0.6 is 0 Å². The Balaban J connectivity index is 1.92. The van der Waals surface area contributed by atoms with Gasteiger partial charge in [0.15, 0.2) is 0 Å². The van der Waals surface area contributed by atoms with Crippen LogP contribution in [0.2, 0.25) is 0 Å². The fraction of sp³-hybridized carbons (Fsp3) is 0.250. The number of carbonyl (C=O) groups excluding carboxylic acids is 1. The Morgan fingerprint density at radius 3 is 2.65 bits per heavy atom. The van der Waals surface area contributed by atoms with Gasteiger partial charge in [0, 0.05) is 24.7 Å². The molecule has 0 radical (unpaired) electrons. The summed E-state index contributed by atoms with van der Waals surface area (Å²) in [5.41, 5.74) is -0.981. The molecule has 1 aliphatic rings. The lowest BCUT2D eigenvalue weighted by Gasteiger charge is -2.18. The van der Waals surface area contributed by atoms with Crippen molar-refractivity contribution in [1.82, 2.24) is 14.9 Å². The summed E-state index contributed by atoms with van der Waals surface area (Å²) in [7, 11) is 0. The molecule has 0 aliphatic carbocycles. The third kappa shape index (κ3) is 2.77. The largest absolute Gasteiger partial charge is 0.479 e. The molecule has 23 heavy (non-hydrogen) atoms. The molecule has 1 aromatic carbocycles. The van der Waals surface area contributed by atoms with Crippen molar-refractivity contribution in [3.63, 3.8) is 0 Å². The number of aromatic nitrogens is 2. The molecule has 1 N–H and O–H groups in total. The van der Waals surface area contributed by atoms with Gasteiger partial charge in [-0.05, 0) is 0 Å². The van der Waals surface area contributed by atoms with Gasteiger partial charge in [-0.3, -0.25) is 4.79 Å². The SMILES string of the molecule is O=C(c1cncnc1-c1ccccc1)N1CCC(F)(C(=O)O)C1. The van der Waals surface area contributed by atoms with Crippen LogP contribution in [0.5, 0.6) is 0 Å². The van der Waals surface area contributed by atoms with Crippen LogP contribution in [0.25, 0.3) is 11.3 Å². The highest BCUT2D eigenvalue weighted by Gasteiger charge is 2.47. The average molecular weight is 315 g/mol. The van der Waals surface area contributed by atoms with Crippen LogP contribution in [-0.2, 0) is 4.79 Å². The number of carbonyl (C=O) groups is 2. The molecule has 0 saturated carbocycles. The Kier molecular flexibility index (Phi) is 3.77. The van der Waals surface area contributed by atoms with Gasteiger partial charge in [-0.25, -0.2) is 19.2 Å². The van der Waals surface area contributed by atoms with Gasteiger partial charge >= 0.3 is 5.97 Å². The summed E-state index contributed by atoms with van der Waals surface area (Å²) in [5.74, 6) is -2.01. The van der Waals surface area contributed by atoms with Crippen molar-refractivity contribution < 1.29 is 19.1 Å². The van der Waals surface area contributed by atoms with Gasteiger partial charge in [0.2, 0.25) is 5.67 Å². The Morgan fingerprint density at radius 2 is 2.00 bits per heavy atom. The monoisotopic (exact) mass is 315 g/mol. The van der Waals surface area contributed by atoms with Crippen LogP contribution < -0.4 is 0 Å². The highest BCUT2D eigenvalue weighted by molar-refractivity contribution is 6.00. The number of hydrogen-bond acceptors (Lipinski definition) is 4. The minimum absolute atomic E-state index is 0.0464. The third-order valence-corrected chi connectivity index (χ3v) is 3.88. The molecule has 1 aliphatic heterocycles. The molecule has 1 saturated heterocycles. The summed E-state index contributed by atoms with van der Waals surface area (Å²) in [6.07, 6.45) is 2.49. The van der Waals surface area contributed by atoms with E-state index in [2.05, 4.69) is 9.97 Å². The predicted molar refractivity (Wildman–Crippen MR) is 79.5 cm³/mol. The van der Waals surface area contributed by atoms with Crippen molar-refractivity contribution in [3.8, 4) is 11.3 Å². The quantitative estimate of drug-likeness (QED) is 0.933. The Bertz CT molecular complexity index is 753. The van der Waals surface area contributed by atoms with Crippen LogP contribution in [0.1, 0.15) is 16.8 Å². The standard InChI is InChI=1S/C16H14FN3O3/c17-16(15(22)23)6-7-20(9-16)14(21)12-8-18-10-19-13(12)11-4-2-1-3-5-11/h1-5,8,10H,6-7,9H2,(H,22,23). The smallest absolute Gasteiger partial charge is 0.343 e. The van der Waals surface area contributed by atoms with Crippen LogP contribution in [0.15, 0.2) is 42.9 Å². The van der Waals surface area contributed by atoms with Crippen molar-refractivity contribution in [1.29, 1.82) is 0 Å². The highest BCUT2D eigenvalue weighted by atomic mass is 19.1. The van der Waals surface area contributed by atoms with Crippen molar-refractivity contribution in [2.75, 3.05) is 13.1 Å². The first-order chi connectivity index (χ1) is 11.0. The summed E-state index contributed by atoms with van der Waals surface area (Å²) < 4.78 is 14.2. The zero-order valence-corrected chi connectivity index (χ0v) is 12.1. The molecule has 2 heterocycles. The van der Waals surface area contributed by atoms with Crippen molar-refractivity contribution in [2.24, 2.45) is 0 Å². The topological polar surface area (TPSA) is 83.4 Å². The molecular weight excluding hydrogens is 301 g/mol. The van der Waals surface area contributed by atoms with Crippen molar-refractivity contribution in [2.45, 2.75) is 12.1 Å². The Morgan fingerprint density at radius 1 is 1.26 bits per heavy atom. The minimum atomic E-state index is -2.39. The molecule has 1 aromatic heterocycles. The number of benzene rings is 1. The number of likely N-dealkylation sites (tertiary alicyclic amines) is 1. The van der Waals surface area contributed by atoms with Gasteiger partial charge in [0.05, 0.1) is 17.8 Å². The number of nitrogens with zero attached hydrogens (tertiary/aromatic N) is 3. The summed E-state index contributed by atoms with van der Waals surface area (Å²) in [6.45, 7) is -0.422. The minimum Gasteiger partial charge on any atom is -0.479 e. The average Bonchev–Trinajstić information content (AvgIpc) is 2.99. The van der Waals surface area contributed by atoms with E-state index in [0.717, 1.165) is 5.56 Å². The van der Waals surface area contributed by atoms with Gasteiger partial charge in [0.25, 0.3) is 5.91 Å². The fourth-order valence-electron chi connectivity index (χ4n) is 2.60. The number of aliphatic carboxylic acids is 1. The van der Waals surface area contributed by atoms with Gasteiger partial charge in [-0.15, -0.1) is 0 Å². The van der Waals surface area contributed by atoms with Crippen LogP contribution in [0, 0.1) is 0 Å². The maximum Gasteiger partial charge on any atom is 0.343 e. The van der Waals surface area contributed by atoms with E-state index in [0.29, 0.717) is 5.69 Å². The first kappa shape index (κ1) is 15.1. The van der Waals surface area contributed by atoms with E-state index >= 15 is 0 Å². The lowest BCUT2D eigenvalue weighted by Crippen LogP contribution is -2.39. The van der Waals surface area contributed by atoms with Gasteiger partial charge in [-0.2, -0.15) is 0 Å². The normalized spacial score (nSPS) is 20.5. The first-order valence-electron chi connectivity index (χ1n) is 7.08. The maximum absolute atomic E-state index is 14.2. The molecule has 1 atom stereocenters. The molecular formula is C16H14FN3O3. The third-order valence-electron chi connectivity index (χ3n) is 3.88. The first-order valence-corrected chi connectivity index (χ1v) is 7.08. The molecule has 2 aromatic rings. The van der Waals surface area contributed by atoms with Crippen molar-refractivity contribution >= 4 is 11.9 Å². The lowest BCUT2D eigenvalue weighted by atomic mass is 10.1. The van der Waals surface area contributed by atoms with E-state index < -0.39 is 24.1 Å². The lowest BCUT2D eigenvalue weighted by molar-refractivity contribution is -0.149. The second-order valence-corrected chi connectivity index (χ2v) is 5.40. The van der Waals surface area contributed by atoms with E-state index in [-0.39, 0.29) is 18.5 Å². The van der Waals surface area contributed by atoms with Gasteiger partial charge < -0.3 is 10.0 Å². The van der Waals surface area contributed by atoms with E-state index in [9.17, 15) is 14.0 Å². The number of alkyl halides is 1. The van der Waals surface area contributed by atoms with Gasteiger partial charge in [-0.1, -0.05) is 30.3 Å². The number of hydrogen-bond donors (Lipinski definition) is 1. The molecule has 1 fully saturated rings. The van der Waals surface area contributed by atoms with E-state index in [1.807, 2.05) is 18.2 Å². The zero-order valence-electron chi connectivity index (χ0n) is 12.1. The number of carboxylic acid groups (broad SMARTS) is 1. The highest BCUT2D eigenvalue weighted by Crippen LogP contribution is 2.29. The van der Waals surface area contributed by atoms with E-state index in [1.54, 1.807) is 12.1 Å². The fourth-order valence-corrected chi connectivity index (χ4v) is 2.60. The van der Waals surface area contributed by atoms with Crippen LogP contribution in [-0.4, -0.2) is 50.6 Å². The predicted octanol–water partition coefficient (Wildman–Crippen LogP) is 1.78. The molecule has 3 rings (SSSR count). The van der Waals surface area contributed by atoms with Crippen LogP contribution in [0.3, 0.4) is 0 Å². The molecule has 1 amide bonds. The molecule has 6 nitrogen and oxygen atoms in total. The summed E-state index contributed by atoms with van der Waals surface area (Å²) in [4.78, 5) is 32.8.